The van der Waals surface area contributed by atoms with Crippen LogP contribution in [0.5, 0.6) is 0 Å². The van der Waals surface area contributed by atoms with Gasteiger partial charge in [-0.25, -0.2) is 4.79 Å². The van der Waals surface area contributed by atoms with Gasteiger partial charge in [0.25, 0.3) is 0 Å². The third-order valence-electron chi connectivity index (χ3n) is 4.38. The van der Waals surface area contributed by atoms with Crippen molar-refractivity contribution >= 4 is 29.4 Å². The number of benzene rings is 1. The number of hydrogen-bond acceptors (Lipinski definition) is 4. The van der Waals surface area contributed by atoms with Crippen molar-refractivity contribution < 1.29 is 19.4 Å². The highest BCUT2D eigenvalue weighted by molar-refractivity contribution is 6.18. The molecule has 0 fully saturated rings. The summed E-state index contributed by atoms with van der Waals surface area (Å²) in [5.74, 6) is -0.424. The number of alkyl carbamates (subject to hydrolysis) is 1. The predicted octanol–water partition coefficient (Wildman–Crippen LogP) is 4.97. The third kappa shape index (κ3) is 10.4. The second-order valence-electron chi connectivity index (χ2n) is 9.24. The minimum absolute atomic E-state index is 0.154. The molecule has 0 bridgehead atoms. The summed E-state index contributed by atoms with van der Waals surface area (Å²) >= 11 is 5.75. The van der Waals surface area contributed by atoms with Gasteiger partial charge >= 0.3 is 12.1 Å². The van der Waals surface area contributed by atoms with E-state index in [0.29, 0.717) is 18.8 Å². The number of carbonyl (C=O) groups is 2. The zero-order valence-electron chi connectivity index (χ0n) is 18.4. The second kappa shape index (κ2) is 10.7. The molecule has 3 N–H and O–H groups in total. The maximum atomic E-state index is 12.1. The molecule has 0 saturated carbocycles. The van der Waals surface area contributed by atoms with Crippen LogP contribution in [0.3, 0.4) is 0 Å². The summed E-state index contributed by atoms with van der Waals surface area (Å²) in [5.41, 5.74) is 2.49. The van der Waals surface area contributed by atoms with Crippen molar-refractivity contribution in [3.63, 3.8) is 0 Å². The van der Waals surface area contributed by atoms with Crippen molar-refractivity contribution in [1.29, 1.82) is 0 Å². The maximum Gasteiger partial charge on any atom is 0.407 e. The molecule has 7 heteroatoms. The smallest absolute Gasteiger partial charge is 0.407 e. The molecule has 0 heterocycles. The molecular formula is C22H35ClN2O4. The van der Waals surface area contributed by atoms with Gasteiger partial charge in [0.2, 0.25) is 0 Å². The first kappa shape index (κ1) is 25.1. The molecule has 0 saturated heterocycles. The molecule has 1 rings (SSSR count). The van der Waals surface area contributed by atoms with Gasteiger partial charge in [0.15, 0.2) is 0 Å². The average Bonchev–Trinajstić information content (AvgIpc) is 2.52. The molecule has 1 atom stereocenters. The van der Waals surface area contributed by atoms with Crippen molar-refractivity contribution in [2.24, 2.45) is 5.41 Å². The van der Waals surface area contributed by atoms with Gasteiger partial charge in [0, 0.05) is 24.2 Å². The molecule has 29 heavy (non-hydrogen) atoms. The van der Waals surface area contributed by atoms with Gasteiger partial charge in [-0.2, -0.15) is 0 Å². The van der Waals surface area contributed by atoms with Gasteiger partial charge in [-0.05, 0) is 69.2 Å². The Hall–Kier alpha value is -1.95. The summed E-state index contributed by atoms with van der Waals surface area (Å²) in [5, 5.41) is 15.3. The minimum Gasteiger partial charge on any atom is -0.481 e. The SMILES string of the molecule is Cc1ccc(NCCCl)cc1CC(C)(C)C[C@@H](CC(=O)O)NC(=O)OC(C)(C)C. The molecule has 0 aliphatic rings. The van der Waals surface area contributed by atoms with E-state index in [9.17, 15) is 14.7 Å². The summed E-state index contributed by atoms with van der Waals surface area (Å²) in [6, 6.07) is 5.68. The number of halogens is 1. The molecule has 0 aromatic heterocycles. The Balaban J connectivity index is 2.89. The lowest BCUT2D eigenvalue weighted by atomic mass is 9.78. The van der Waals surface area contributed by atoms with Crippen LogP contribution in [0.4, 0.5) is 10.5 Å². The first-order chi connectivity index (χ1) is 13.3. The lowest BCUT2D eigenvalue weighted by Crippen LogP contribution is -2.42. The van der Waals surface area contributed by atoms with Crippen LogP contribution < -0.4 is 10.6 Å². The quantitative estimate of drug-likeness (QED) is 0.459. The second-order valence-corrected chi connectivity index (χ2v) is 9.62. The minimum atomic E-state index is -0.953. The highest BCUT2D eigenvalue weighted by Gasteiger charge is 2.28. The number of aliphatic carboxylic acids is 1. The van der Waals surface area contributed by atoms with Crippen molar-refractivity contribution in [2.45, 2.75) is 72.4 Å². The maximum absolute atomic E-state index is 12.1. The lowest BCUT2D eigenvalue weighted by molar-refractivity contribution is -0.137. The average molecular weight is 427 g/mol. The van der Waals surface area contributed by atoms with Gasteiger partial charge in [-0.1, -0.05) is 19.9 Å². The van der Waals surface area contributed by atoms with Crippen LogP contribution in [0.2, 0.25) is 0 Å². The van der Waals surface area contributed by atoms with E-state index in [1.54, 1.807) is 20.8 Å². The van der Waals surface area contributed by atoms with Crippen LogP contribution >= 0.6 is 11.6 Å². The topological polar surface area (TPSA) is 87.7 Å². The Labute approximate surface area is 179 Å². The normalized spacial score (nSPS) is 12.9. The van der Waals surface area contributed by atoms with E-state index in [1.807, 2.05) is 6.07 Å². The Morgan fingerprint density at radius 2 is 1.86 bits per heavy atom. The van der Waals surface area contributed by atoms with E-state index in [2.05, 4.69) is 43.5 Å². The van der Waals surface area contributed by atoms with E-state index in [4.69, 9.17) is 16.3 Å². The fourth-order valence-corrected chi connectivity index (χ4v) is 3.37. The summed E-state index contributed by atoms with van der Waals surface area (Å²) in [6.07, 6.45) is 0.514. The molecule has 0 aliphatic carbocycles. The number of rotatable bonds is 10. The standard InChI is InChI=1S/C22H35ClN2O4/c1-15-7-8-17(24-10-9-23)11-16(15)13-22(5,6)14-18(12-19(26)27)25-20(28)29-21(2,3)4/h7-8,11,18,24H,9-10,12-14H2,1-6H3,(H,25,28)(H,26,27)/t18-/m1/s1. The first-order valence-electron chi connectivity index (χ1n) is 9.92. The number of carboxylic acid groups (broad SMARTS) is 1. The molecule has 0 spiro atoms. The number of hydrogen-bond donors (Lipinski definition) is 3. The first-order valence-corrected chi connectivity index (χ1v) is 10.5. The molecule has 1 amide bonds. The van der Waals surface area contributed by atoms with Crippen LogP contribution in [0.15, 0.2) is 18.2 Å². The molecule has 164 valence electrons. The molecule has 0 unspecified atom stereocenters. The van der Waals surface area contributed by atoms with E-state index in [0.717, 1.165) is 12.1 Å². The highest BCUT2D eigenvalue weighted by atomic mass is 35.5. The predicted molar refractivity (Wildman–Crippen MR) is 118 cm³/mol. The number of anilines is 1. The van der Waals surface area contributed by atoms with E-state index in [1.165, 1.54) is 11.1 Å². The number of alkyl halides is 1. The Morgan fingerprint density at radius 1 is 1.21 bits per heavy atom. The Bertz CT molecular complexity index is 699. The molecule has 0 radical (unpaired) electrons. The van der Waals surface area contributed by atoms with E-state index < -0.39 is 23.7 Å². The van der Waals surface area contributed by atoms with Gasteiger partial charge in [-0.3, -0.25) is 4.79 Å². The van der Waals surface area contributed by atoms with Gasteiger partial charge < -0.3 is 20.5 Å². The van der Waals surface area contributed by atoms with Crippen molar-refractivity contribution in [3.8, 4) is 0 Å². The van der Waals surface area contributed by atoms with Crippen LogP contribution in [0.25, 0.3) is 0 Å². The van der Waals surface area contributed by atoms with Gasteiger partial charge in [0.1, 0.15) is 5.60 Å². The summed E-state index contributed by atoms with van der Waals surface area (Å²) in [7, 11) is 0. The summed E-state index contributed by atoms with van der Waals surface area (Å²) < 4.78 is 5.29. The van der Waals surface area contributed by atoms with E-state index in [-0.39, 0.29) is 11.8 Å². The van der Waals surface area contributed by atoms with Crippen LogP contribution in [0.1, 0.15) is 58.6 Å². The monoisotopic (exact) mass is 426 g/mol. The summed E-state index contributed by atoms with van der Waals surface area (Å²) in [4.78, 5) is 23.5. The fraction of sp³-hybridized carbons (Fsp3) is 0.636. The molecule has 6 nitrogen and oxygen atoms in total. The number of aryl methyl sites for hydroxylation is 1. The lowest BCUT2D eigenvalue weighted by Gasteiger charge is -2.31. The van der Waals surface area contributed by atoms with Crippen molar-refractivity contribution in [2.75, 3.05) is 17.7 Å². The van der Waals surface area contributed by atoms with Crippen molar-refractivity contribution in [3.05, 3.63) is 29.3 Å². The fourth-order valence-electron chi connectivity index (χ4n) is 3.28. The number of nitrogens with one attached hydrogen (secondary N) is 2. The molecule has 1 aromatic carbocycles. The zero-order valence-corrected chi connectivity index (χ0v) is 19.2. The van der Waals surface area contributed by atoms with E-state index >= 15 is 0 Å². The number of ether oxygens (including phenoxy) is 1. The zero-order chi connectivity index (χ0) is 22.2. The highest BCUT2D eigenvalue weighted by Crippen LogP contribution is 2.31. The van der Waals surface area contributed by atoms with Gasteiger partial charge in [-0.15, -0.1) is 11.6 Å². The number of carbonyl (C=O) groups excluding carboxylic acids is 1. The third-order valence-corrected chi connectivity index (χ3v) is 4.57. The molecule has 1 aromatic rings. The van der Waals surface area contributed by atoms with Gasteiger partial charge in [0.05, 0.1) is 6.42 Å². The van der Waals surface area contributed by atoms with Crippen LogP contribution in [-0.2, 0) is 16.0 Å². The Kier molecular flexibility index (Phi) is 9.27. The van der Waals surface area contributed by atoms with Crippen molar-refractivity contribution in [1.82, 2.24) is 5.32 Å². The molecule has 0 aliphatic heterocycles. The number of carboxylic acids is 1. The van der Waals surface area contributed by atoms with Crippen LogP contribution in [0, 0.1) is 12.3 Å². The largest absolute Gasteiger partial charge is 0.481 e. The van der Waals surface area contributed by atoms with Crippen LogP contribution in [-0.4, -0.2) is 41.2 Å². The number of amides is 1. The Morgan fingerprint density at radius 3 is 2.41 bits per heavy atom. The summed E-state index contributed by atoms with van der Waals surface area (Å²) in [6.45, 7) is 12.2. The molecular weight excluding hydrogens is 392 g/mol.